The van der Waals surface area contributed by atoms with Crippen LogP contribution in [0.2, 0.25) is 5.02 Å². The Morgan fingerprint density at radius 2 is 2.12 bits per heavy atom. The maximum Gasteiger partial charge on any atom is 0.306 e. The first-order valence-corrected chi connectivity index (χ1v) is 8.72. The lowest BCUT2D eigenvalue weighted by molar-refractivity contribution is -0.148. The molecular weight excluding hydrogens is 330 g/mol. The molecule has 0 aliphatic heterocycles. The summed E-state index contributed by atoms with van der Waals surface area (Å²) in [5.74, 6) is 1.80. The van der Waals surface area contributed by atoms with E-state index in [0.717, 1.165) is 12.3 Å². The predicted octanol–water partition coefficient (Wildman–Crippen LogP) is 3.66. The van der Waals surface area contributed by atoms with Gasteiger partial charge in [0.05, 0.1) is 12.1 Å². The number of amides is 1. The Hall–Kier alpha value is -1.75. The maximum absolute atomic E-state index is 11.9. The number of esters is 1. The van der Waals surface area contributed by atoms with Crippen LogP contribution in [0.5, 0.6) is 5.75 Å². The number of hydrogen-bond acceptors (Lipinski definition) is 4. The fourth-order valence-electron chi connectivity index (χ4n) is 3.99. The zero-order chi connectivity index (χ0) is 17.1. The molecule has 0 aromatic heterocycles. The second kappa shape index (κ2) is 7.43. The predicted molar refractivity (Wildman–Crippen MR) is 91.1 cm³/mol. The molecule has 24 heavy (non-hydrogen) atoms. The van der Waals surface area contributed by atoms with E-state index in [4.69, 9.17) is 21.1 Å². The molecule has 2 bridgehead atoms. The van der Waals surface area contributed by atoms with Crippen LogP contribution in [-0.2, 0) is 14.3 Å². The van der Waals surface area contributed by atoms with Crippen LogP contribution in [0.1, 0.15) is 32.1 Å². The van der Waals surface area contributed by atoms with Crippen molar-refractivity contribution in [3.05, 3.63) is 23.2 Å². The highest BCUT2D eigenvalue weighted by atomic mass is 35.5. The first-order chi connectivity index (χ1) is 11.5. The molecule has 3 atom stereocenters. The first kappa shape index (κ1) is 17.1. The molecule has 2 fully saturated rings. The molecule has 6 heteroatoms. The highest BCUT2D eigenvalue weighted by Gasteiger charge is 2.40. The number of methoxy groups -OCH3 is 1. The number of ether oxygens (including phenoxy) is 2. The number of anilines is 1. The molecule has 1 N–H and O–H groups in total. The molecule has 2 aliphatic carbocycles. The Labute approximate surface area is 146 Å². The van der Waals surface area contributed by atoms with E-state index < -0.39 is 0 Å². The second-order valence-electron chi connectivity index (χ2n) is 6.70. The SMILES string of the molecule is COc1ccc(NC(=O)COC(=O)C[C@H]2C[C@H]3CC[C@@H]2C3)cc1Cl. The van der Waals surface area contributed by atoms with Crippen molar-refractivity contribution in [2.24, 2.45) is 17.8 Å². The van der Waals surface area contributed by atoms with Crippen molar-refractivity contribution in [1.82, 2.24) is 0 Å². The molecule has 0 heterocycles. The normalized spacial score (nSPS) is 24.7. The minimum Gasteiger partial charge on any atom is -0.495 e. The van der Waals surface area contributed by atoms with Crippen molar-refractivity contribution in [1.29, 1.82) is 0 Å². The zero-order valence-electron chi connectivity index (χ0n) is 13.7. The van der Waals surface area contributed by atoms with E-state index in [1.807, 2.05) is 0 Å². The summed E-state index contributed by atoms with van der Waals surface area (Å²) in [5, 5.41) is 3.06. The Morgan fingerprint density at radius 1 is 1.29 bits per heavy atom. The van der Waals surface area contributed by atoms with Crippen LogP contribution in [0.4, 0.5) is 5.69 Å². The van der Waals surface area contributed by atoms with Gasteiger partial charge in [0.2, 0.25) is 0 Å². The smallest absolute Gasteiger partial charge is 0.306 e. The van der Waals surface area contributed by atoms with Gasteiger partial charge < -0.3 is 14.8 Å². The fraction of sp³-hybridized carbons (Fsp3) is 0.556. The van der Waals surface area contributed by atoms with Crippen molar-refractivity contribution in [2.45, 2.75) is 32.1 Å². The van der Waals surface area contributed by atoms with Gasteiger partial charge in [-0.1, -0.05) is 18.0 Å². The van der Waals surface area contributed by atoms with Crippen LogP contribution in [0.25, 0.3) is 0 Å². The molecule has 5 nitrogen and oxygen atoms in total. The van der Waals surface area contributed by atoms with Crippen LogP contribution in [0.15, 0.2) is 18.2 Å². The molecule has 3 rings (SSSR count). The lowest BCUT2D eigenvalue weighted by Crippen LogP contribution is -2.23. The number of rotatable bonds is 6. The number of halogens is 1. The van der Waals surface area contributed by atoms with Gasteiger partial charge in [-0.25, -0.2) is 0 Å². The molecule has 1 amide bonds. The third-order valence-corrected chi connectivity index (χ3v) is 5.41. The van der Waals surface area contributed by atoms with E-state index in [9.17, 15) is 9.59 Å². The van der Waals surface area contributed by atoms with Gasteiger partial charge in [0.15, 0.2) is 6.61 Å². The summed E-state index contributed by atoms with van der Waals surface area (Å²) in [6.45, 7) is -0.275. The van der Waals surface area contributed by atoms with Gasteiger partial charge in [0.1, 0.15) is 5.75 Å². The third-order valence-electron chi connectivity index (χ3n) is 5.11. The van der Waals surface area contributed by atoms with E-state index in [-0.39, 0.29) is 18.5 Å². The van der Waals surface area contributed by atoms with Crippen LogP contribution in [0, 0.1) is 17.8 Å². The summed E-state index contributed by atoms with van der Waals surface area (Å²) in [4.78, 5) is 23.8. The molecule has 0 spiro atoms. The van der Waals surface area contributed by atoms with E-state index in [1.54, 1.807) is 18.2 Å². The van der Waals surface area contributed by atoms with E-state index in [2.05, 4.69) is 5.32 Å². The minimum atomic E-state index is -0.377. The number of carbonyl (C=O) groups excluding carboxylic acids is 2. The standard InChI is InChI=1S/C18H22ClNO4/c1-23-16-5-4-14(9-15(16)19)20-17(21)10-24-18(22)8-13-7-11-2-3-12(13)6-11/h4-5,9,11-13H,2-3,6-8,10H2,1H3,(H,20,21)/t11-,12+,13+/m0/s1. The van der Waals surface area contributed by atoms with Crippen LogP contribution in [0.3, 0.4) is 0 Å². The highest BCUT2D eigenvalue weighted by Crippen LogP contribution is 2.49. The van der Waals surface area contributed by atoms with Gasteiger partial charge in [-0.05, 0) is 55.2 Å². The molecular formula is C18H22ClNO4. The first-order valence-electron chi connectivity index (χ1n) is 8.34. The monoisotopic (exact) mass is 351 g/mol. The van der Waals surface area contributed by atoms with Gasteiger partial charge in [-0.3, -0.25) is 9.59 Å². The van der Waals surface area contributed by atoms with E-state index in [1.165, 1.54) is 26.4 Å². The zero-order valence-corrected chi connectivity index (χ0v) is 14.5. The van der Waals surface area contributed by atoms with Crippen LogP contribution < -0.4 is 10.1 Å². The molecule has 0 unspecified atom stereocenters. The molecule has 0 radical (unpaired) electrons. The summed E-state index contributed by atoms with van der Waals surface area (Å²) >= 11 is 6.00. The van der Waals surface area contributed by atoms with E-state index in [0.29, 0.717) is 34.7 Å². The summed E-state index contributed by atoms with van der Waals surface area (Å²) in [5.41, 5.74) is 0.537. The molecule has 0 saturated heterocycles. The van der Waals surface area contributed by atoms with Gasteiger partial charge in [-0.15, -0.1) is 0 Å². The average molecular weight is 352 g/mol. The van der Waals surface area contributed by atoms with Gasteiger partial charge >= 0.3 is 5.97 Å². The Morgan fingerprint density at radius 3 is 2.75 bits per heavy atom. The molecule has 1 aromatic rings. The molecule has 1 aromatic carbocycles. The Balaban J connectivity index is 1.42. The molecule has 2 saturated carbocycles. The number of fused-ring (bicyclic) bond motifs is 2. The number of nitrogens with one attached hydrogen (secondary N) is 1. The maximum atomic E-state index is 11.9. The quantitative estimate of drug-likeness (QED) is 0.794. The van der Waals surface area contributed by atoms with Gasteiger partial charge in [-0.2, -0.15) is 0 Å². The number of carbonyl (C=O) groups is 2. The summed E-state index contributed by atoms with van der Waals surface area (Å²) in [6.07, 6.45) is 5.38. The summed E-state index contributed by atoms with van der Waals surface area (Å²) in [7, 11) is 1.52. The Bertz CT molecular complexity index is 633. The second-order valence-corrected chi connectivity index (χ2v) is 7.10. The topological polar surface area (TPSA) is 64.6 Å². The lowest BCUT2D eigenvalue weighted by atomic mass is 9.86. The van der Waals surface area contributed by atoms with Crippen molar-refractivity contribution in [3.63, 3.8) is 0 Å². The Kier molecular flexibility index (Phi) is 5.29. The van der Waals surface area contributed by atoms with Crippen molar-refractivity contribution < 1.29 is 19.1 Å². The summed E-state index contributed by atoms with van der Waals surface area (Å²) < 4.78 is 10.2. The van der Waals surface area contributed by atoms with Crippen LogP contribution >= 0.6 is 11.6 Å². The largest absolute Gasteiger partial charge is 0.495 e. The number of benzene rings is 1. The summed E-state index contributed by atoms with van der Waals surface area (Å²) in [6, 6.07) is 4.94. The number of hydrogen-bond donors (Lipinski definition) is 1. The highest BCUT2D eigenvalue weighted by molar-refractivity contribution is 6.32. The molecule has 130 valence electrons. The van der Waals surface area contributed by atoms with Crippen molar-refractivity contribution in [2.75, 3.05) is 19.0 Å². The van der Waals surface area contributed by atoms with Gasteiger partial charge in [0, 0.05) is 12.1 Å². The third kappa shape index (κ3) is 4.01. The van der Waals surface area contributed by atoms with Gasteiger partial charge in [0.25, 0.3) is 5.91 Å². The molecule has 2 aliphatic rings. The average Bonchev–Trinajstić information content (AvgIpc) is 3.16. The minimum absolute atomic E-state index is 0.275. The van der Waals surface area contributed by atoms with Crippen molar-refractivity contribution in [3.8, 4) is 5.75 Å². The fourth-order valence-corrected chi connectivity index (χ4v) is 4.24. The van der Waals surface area contributed by atoms with Crippen molar-refractivity contribution >= 4 is 29.2 Å². The lowest BCUT2D eigenvalue weighted by Gasteiger charge is -2.20. The van der Waals surface area contributed by atoms with Crippen LogP contribution in [-0.4, -0.2) is 25.6 Å². The van der Waals surface area contributed by atoms with E-state index >= 15 is 0 Å².